The van der Waals surface area contributed by atoms with Gasteiger partial charge in [-0.05, 0) is 24.3 Å². The number of benzene rings is 1. The van der Waals surface area contributed by atoms with Gasteiger partial charge in [-0.2, -0.15) is 0 Å². The molecule has 0 aliphatic heterocycles. The Morgan fingerprint density at radius 2 is 2.00 bits per heavy atom. The number of aldehydes is 1. The van der Waals surface area contributed by atoms with Crippen LogP contribution in [0.5, 0.6) is 0 Å². The van der Waals surface area contributed by atoms with E-state index in [1.807, 2.05) is 0 Å². The van der Waals surface area contributed by atoms with Crippen molar-refractivity contribution in [1.29, 1.82) is 0 Å². The summed E-state index contributed by atoms with van der Waals surface area (Å²) in [7, 11) is 0. The zero-order valence-electron chi connectivity index (χ0n) is 6.79. The van der Waals surface area contributed by atoms with Gasteiger partial charge < -0.3 is 5.32 Å². The van der Waals surface area contributed by atoms with Crippen LogP contribution >= 0.6 is 15.9 Å². The van der Waals surface area contributed by atoms with Crippen LogP contribution in [0.4, 0.5) is 5.69 Å². The highest BCUT2D eigenvalue weighted by molar-refractivity contribution is 9.09. The van der Waals surface area contributed by atoms with Gasteiger partial charge in [0.15, 0.2) is 0 Å². The summed E-state index contributed by atoms with van der Waals surface area (Å²) in [5.41, 5.74) is 1.28. The average Bonchev–Trinajstić information content (AvgIpc) is 2.19. The molecule has 0 radical (unpaired) electrons. The standard InChI is InChI=1S/C9H8BrNO2/c10-5-9(13)11-8-3-1-7(6-12)2-4-8/h1-4,6H,5H2,(H,11,13). The van der Waals surface area contributed by atoms with E-state index in [2.05, 4.69) is 21.2 Å². The van der Waals surface area contributed by atoms with Crippen molar-refractivity contribution in [1.82, 2.24) is 0 Å². The second kappa shape index (κ2) is 4.77. The third kappa shape index (κ3) is 2.99. The van der Waals surface area contributed by atoms with Crippen molar-refractivity contribution < 1.29 is 9.59 Å². The molecule has 0 heterocycles. The molecule has 13 heavy (non-hydrogen) atoms. The van der Waals surface area contributed by atoms with Gasteiger partial charge in [0.2, 0.25) is 5.91 Å². The maximum atomic E-state index is 10.9. The van der Waals surface area contributed by atoms with Crippen LogP contribution in [0, 0.1) is 0 Å². The highest BCUT2D eigenvalue weighted by atomic mass is 79.9. The predicted octanol–water partition coefficient (Wildman–Crippen LogP) is 1.83. The van der Waals surface area contributed by atoms with Gasteiger partial charge in [0.1, 0.15) is 6.29 Å². The SMILES string of the molecule is O=Cc1ccc(NC(=O)CBr)cc1. The van der Waals surface area contributed by atoms with Crippen LogP contribution in [0.15, 0.2) is 24.3 Å². The number of amides is 1. The van der Waals surface area contributed by atoms with E-state index in [0.717, 1.165) is 6.29 Å². The lowest BCUT2D eigenvalue weighted by Crippen LogP contribution is -2.11. The molecule has 1 N–H and O–H groups in total. The van der Waals surface area contributed by atoms with Gasteiger partial charge in [0.05, 0.1) is 5.33 Å². The van der Waals surface area contributed by atoms with E-state index in [1.165, 1.54) is 0 Å². The number of hydrogen-bond donors (Lipinski definition) is 1. The van der Waals surface area contributed by atoms with E-state index in [9.17, 15) is 9.59 Å². The quantitative estimate of drug-likeness (QED) is 0.649. The fourth-order valence-corrected chi connectivity index (χ4v) is 0.980. The smallest absolute Gasteiger partial charge is 0.235 e. The molecule has 0 fully saturated rings. The number of hydrogen-bond acceptors (Lipinski definition) is 2. The van der Waals surface area contributed by atoms with E-state index >= 15 is 0 Å². The molecule has 0 spiro atoms. The molecule has 0 aromatic heterocycles. The largest absolute Gasteiger partial charge is 0.325 e. The summed E-state index contributed by atoms with van der Waals surface area (Å²) in [6, 6.07) is 6.67. The molecule has 4 heteroatoms. The molecule has 68 valence electrons. The molecule has 0 atom stereocenters. The summed E-state index contributed by atoms with van der Waals surface area (Å²) in [4.78, 5) is 21.2. The van der Waals surface area contributed by atoms with E-state index < -0.39 is 0 Å². The average molecular weight is 242 g/mol. The Morgan fingerprint density at radius 3 is 2.46 bits per heavy atom. The number of carbonyl (C=O) groups excluding carboxylic acids is 2. The first-order valence-electron chi connectivity index (χ1n) is 3.67. The lowest BCUT2D eigenvalue weighted by Gasteiger charge is -2.01. The number of alkyl halides is 1. The minimum Gasteiger partial charge on any atom is -0.325 e. The Hall–Kier alpha value is -1.16. The maximum Gasteiger partial charge on any atom is 0.235 e. The fraction of sp³-hybridized carbons (Fsp3) is 0.111. The lowest BCUT2D eigenvalue weighted by molar-refractivity contribution is -0.113. The molecule has 0 saturated heterocycles. The van der Waals surface area contributed by atoms with Crippen molar-refractivity contribution in [3.05, 3.63) is 29.8 Å². The van der Waals surface area contributed by atoms with Crippen LogP contribution in [0.3, 0.4) is 0 Å². The van der Waals surface area contributed by atoms with Gasteiger partial charge in [-0.3, -0.25) is 9.59 Å². The van der Waals surface area contributed by atoms with Crippen molar-refractivity contribution in [3.8, 4) is 0 Å². The zero-order chi connectivity index (χ0) is 9.68. The van der Waals surface area contributed by atoms with Gasteiger partial charge in [-0.1, -0.05) is 15.9 Å². The minimum absolute atomic E-state index is 0.112. The van der Waals surface area contributed by atoms with Crippen LogP contribution in [0.1, 0.15) is 10.4 Å². The molecular weight excluding hydrogens is 234 g/mol. The molecule has 1 rings (SSSR count). The molecule has 0 saturated carbocycles. The maximum absolute atomic E-state index is 10.9. The van der Waals surface area contributed by atoms with E-state index in [-0.39, 0.29) is 11.2 Å². The van der Waals surface area contributed by atoms with Gasteiger partial charge in [0.25, 0.3) is 0 Å². The van der Waals surface area contributed by atoms with Crippen LogP contribution in [-0.4, -0.2) is 17.5 Å². The summed E-state index contributed by atoms with van der Waals surface area (Å²) >= 11 is 3.03. The molecule has 0 unspecified atom stereocenters. The number of carbonyl (C=O) groups is 2. The van der Waals surface area contributed by atoms with E-state index in [0.29, 0.717) is 11.3 Å². The van der Waals surface area contributed by atoms with Crippen LogP contribution < -0.4 is 5.32 Å². The van der Waals surface area contributed by atoms with Crippen LogP contribution in [-0.2, 0) is 4.79 Å². The first kappa shape index (κ1) is 9.92. The molecule has 1 amide bonds. The monoisotopic (exact) mass is 241 g/mol. The first-order valence-corrected chi connectivity index (χ1v) is 4.79. The summed E-state index contributed by atoms with van der Waals surface area (Å²) in [5, 5.41) is 2.91. The Bertz CT molecular complexity index is 308. The Labute approximate surface area is 84.3 Å². The Kier molecular flexibility index (Phi) is 3.64. The second-order valence-corrected chi connectivity index (χ2v) is 2.98. The third-order valence-corrected chi connectivity index (χ3v) is 1.96. The normalized spacial score (nSPS) is 9.31. The second-order valence-electron chi connectivity index (χ2n) is 2.42. The highest BCUT2D eigenvalue weighted by Gasteiger charge is 1.98. The van der Waals surface area contributed by atoms with Crippen LogP contribution in [0.2, 0.25) is 0 Å². The molecular formula is C9H8BrNO2. The number of nitrogens with one attached hydrogen (secondary N) is 1. The molecule has 0 aliphatic rings. The number of rotatable bonds is 3. The van der Waals surface area contributed by atoms with Crippen molar-refractivity contribution >= 4 is 33.8 Å². The van der Waals surface area contributed by atoms with Gasteiger partial charge in [-0.15, -0.1) is 0 Å². The number of anilines is 1. The third-order valence-electron chi connectivity index (χ3n) is 1.45. The van der Waals surface area contributed by atoms with E-state index in [4.69, 9.17) is 0 Å². The lowest BCUT2D eigenvalue weighted by atomic mass is 10.2. The fourth-order valence-electron chi connectivity index (χ4n) is 0.839. The Morgan fingerprint density at radius 1 is 1.38 bits per heavy atom. The zero-order valence-corrected chi connectivity index (χ0v) is 8.37. The van der Waals surface area contributed by atoms with Gasteiger partial charge >= 0.3 is 0 Å². The highest BCUT2D eigenvalue weighted by Crippen LogP contribution is 2.07. The van der Waals surface area contributed by atoms with Crippen molar-refractivity contribution in [3.63, 3.8) is 0 Å². The minimum atomic E-state index is -0.112. The molecule has 3 nitrogen and oxygen atoms in total. The predicted molar refractivity (Wildman–Crippen MR) is 54.3 cm³/mol. The summed E-state index contributed by atoms with van der Waals surface area (Å²) in [6.45, 7) is 0. The van der Waals surface area contributed by atoms with Crippen LogP contribution in [0.25, 0.3) is 0 Å². The molecule has 0 aliphatic carbocycles. The van der Waals surface area contributed by atoms with Gasteiger partial charge in [0, 0.05) is 11.3 Å². The molecule has 0 bridgehead atoms. The van der Waals surface area contributed by atoms with Crippen molar-refractivity contribution in [2.45, 2.75) is 0 Å². The van der Waals surface area contributed by atoms with E-state index in [1.54, 1.807) is 24.3 Å². The van der Waals surface area contributed by atoms with Crippen molar-refractivity contribution in [2.75, 3.05) is 10.6 Å². The summed E-state index contributed by atoms with van der Waals surface area (Å²) < 4.78 is 0. The first-order chi connectivity index (χ1) is 6.26. The number of halogens is 1. The topological polar surface area (TPSA) is 46.2 Å². The molecule has 1 aromatic carbocycles. The summed E-state index contributed by atoms with van der Waals surface area (Å²) in [6.07, 6.45) is 0.760. The Balaban J connectivity index is 2.69. The molecule has 1 aromatic rings. The van der Waals surface area contributed by atoms with Crippen molar-refractivity contribution in [2.24, 2.45) is 0 Å². The van der Waals surface area contributed by atoms with Gasteiger partial charge in [-0.25, -0.2) is 0 Å². The summed E-state index contributed by atoms with van der Waals surface area (Å²) in [5.74, 6) is -0.112.